The zero-order valence-electron chi connectivity index (χ0n) is 11.0. The van der Waals surface area contributed by atoms with E-state index in [2.05, 4.69) is 0 Å². The number of nitrogens with zero attached hydrogens (tertiary/aromatic N) is 1. The minimum Gasteiger partial charge on any atom is -0.378 e. The van der Waals surface area contributed by atoms with Crippen LogP contribution in [0.3, 0.4) is 0 Å². The predicted octanol–water partition coefficient (Wildman–Crippen LogP) is 3.40. The summed E-state index contributed by atoms with van der Waals surface area (Å²) < 4.78 is 39.1. The van der Waals surface area contributed by atoms with Crippen LogP contribution in [0.2, 0.25) is 0 Å². The first-order valence-corrected chi connectivity index (χ1v) is 5.87. The molecule has 0 N–H and O–H groups in total. The molecule has 104 valence electrons. The Morgan fingerprint density at radius 2 is 1.40 bits per heavy atom. The molecular weight excluding hydrogens is 267 g/mol. The van der Waals surface area contributed by atoms with E-state index in [1.165, 1.54) is 0 Å². The molecule has 2 nitrogen and oxygen atoms in total. The van der Waals surface area contributed by atoms with E-state index < -0.39 is 23.2 Å². The second-order valence-corrected chi connectivity index (χ2v) is 4.52. The molecule has 0 saturated carbocycles. The van der Waals surface area contributed by atoms with Gasteiger partial charge in [-0.3, -0.25) is 4.79 Å². The van der Waals surface area contributed by atoms with E-state index >= 15 is 0 Å². The second kappa shape index (κ2) is 5.36. The molecule has 0 bridgehead atoms. The summed E-state index contributed by atoms with van der Waals surface area (Å²) in [6.07, 6.45) is 0. The van der Waals surface area contributed by atoms with Gasteiger partial charge in [-0.05, 0) is 36.4 Å². The summed E-state index contributed by atoms with van der Waals surface area (Å²) in [6, 6.07) is 7.92. The first kappa shape index (κ1) is 14.1. The van der Waals surface area contributed by atoms with Gasteiger partial charge in [0, 0.05) is 30.9 Å². The van der Waals surface area contributed by atoms with E-state index in [4.69, 9.17) is 0 Å². The maximum Gasteiger partial charge on any atom is 0.194 e. The molecule has 0 atom stereocenters. The topological polar surface area (TPSA) is 20.3 Å². The smallest absolute Gasteiger partial charge is 0.194 e. The van der Waals surface area contributed by atoms with Gasteiger partial charge in [0.25, 0.3) is 0 Å². The average Bonchev–Trinajstić information content (AvgIpc) is 2.43. The standard InChI is InChI=1S/C15H12F3NO/c1-19(2)11-5-3-9(4-6-11)15(20)10-7-12(16)14(18)13(17)8-10/h3-8H,1-2H3. The van der Waals surface area contributed by atoms with Crippen LogP contribution in [0.15, 0.2) is 36.4 Å². The Bertz CT molecular complexity index is 628. The zero-order chi connectivity index (χ0) is 14.9. The SMILES string of the molecule is CN(C)c1ccc(C(=O)c2cc(F)c(F)c(F)c2)cc1. The third kappa shape index (κ3) is 2.66. The number of ketones is 1. The van der Waals surface area contributed by atoms with Gasteiger partial charge >= 0.3 is 0 Å². The molecule has 0 aromatic heterocycles. The molecule has 5 heteroatoms. The van der Waals surface area contributed by atoms with Gasteiger partial charge in [-0.25, -0.2) is 13.2 Å². The Morgan fingerprint density at radius 3 is 1.85 bits per heavy atom. The van der Waals surface area contributed by atoms with Crippen LogP contribution in [0.25, 0.3) is 0 Å². The van der Waals surface area contributed by atoms with Gasteiger partial charge in [0.2, 0.25) is 0 Å². The highest BCUT2D eigenvalue weighted by Crippen LogP contribution is 2.19. The van der Waals surface area contributed by atoms with Crippen molar-refractivity contribution in [2.75, 3.05) is 19.0 Å². The van der Waals surface area contributed by atoms with Gasteiger partial charge in [-0.1, -0.05) is 0 Å². The van der Waals surface area contributed by atoms with Crippen LogP contribution in [-0.2, 0) is 0 Å². The molecule has 2 rings (SSSR count). The Morgan fingerprint density at radius 1 is 0.900 bits per heavy atom. The number of hydrogen-bond donors (Lipinski definition) is 0. The third-order valence-electron chi connectivity index (χ3n) is 2.89. The second-order valence-electron chi connectivity index (χ2n) is 4.52. The highest BCUT2D eigenvalue weighted by Gasteiger charge is 2.16. The van der Waals surface area contributed by atoms with Crippen LogP contribution in [0.5, 0.6) is 0 Å². The van der Waals surface area contributed by atoms with E-state index in [-0.39, 0.29) is 11.1 Å². The number of halogens is 3. The summed E-state index contributed by atoms with van der Waals surface area (Å²) in [5.41, 5.74) is 0.943. The fourth-order valence-electron chi connectivity index (χ4n) is 1.76. The molecule has 2 aromatic carbocycles. The molecule has 0 aliphatic heterocycles. The highest BCUT2D eigenvalue weighted by atomic mass is 19.2. The lowest BCUT2D eigenvalue weighted by Crippen LogP contribution is -2.09. The molecule has 0 amide bonds. The van der Waals surface area contributed by atoms with Crippen molar-refractivity contribution in [3.63, 3.8) is 0 Å². The molecule has 0 radical (unpaired) electrons. The summed E-state index contributed by atoms with van der Waals surface area (Å²) in [5.74, 6) is -4.89. The molecule has 0 heterocycles. The molecule has 0 saturated heterocycles. The molecule has 0 aliphatic rings. The zero-order valence-corrected chi connectivity index (χ0v) is 11.0. The lowest BCUT2D eigenvalue weighted by molar-refractivity contribution is 0.103. The van der Waals surface area contributed by atoms with E-state index in [1.54, 1.807) is 24.3 Å². The van der Waals surface area contributed by atoms with Crippen LogP contribution in [0.1, 0.15) is 15.9 Å². The molecular formula is C15H12F3NO. The first-order chi connectivity index (χ1) is 9.40. The van der Waals surface area contributed by atoms with Gasteiger partial charge in [-0.2, -0.15) is 0 Å². The van der Waals surface area contributed by atoms with Crippen LogP contribution >= 0.6 is 0 Å². The molecule has 0 fully saturated rings. The van der Waals surface area contributed by atoms with Gasteiger partial charge in [-0.15, -0.1) is 0 Å². The summed E-state index contributed by atoms with van der Waals surface area (Å²) in [4.78, 5) is 13.9. The summed E-state index contributed by atoms with van der Waals surface area (Å²) >= 11 is 0. The van der Waals surface area contributed by atoms with Crippen molar-refractivity contribution in [2.45, 2.75) is 0 Å². The minimum absolute atomic E-state index is 0.223. The molecule has 0 spiro atoms. The van der Waals surface area contributed by atoms with Crippen molar-refractivity contribution in [3.8, 4) is 0 Å². The van der Waals surface area contributed by atoms with Gasteiger partial charge in [0.1, 0.15) is 0 Å². The molecule has 20 heavy (non-hydrogen) atoms. The monoisotopic (exact) mass is 279 g/mol. The number of hydrogen-bond acceptors (Lipinski definition) is 2. The summed E-state index contributed by atoms with van der Waals surface area (Å²) in [7, 11) is 3.70. The van der Waals surface area contributed by atoms with E-state index in [1.807, 2.05) is 19.0 Å². The predicted molar refractivity (Wildman–Crippen MR) is 70.5 cm³/mol. The van der Waals surface area contributed by atoms with Crippen LogP contribution in [0, 0.1) is 17.5 Å². The highest BCUT2D eigenvalue weighted by molar-refractivity contribution is 6.09. The summed E-state index contributed by atoms with van der Waals surface area (Å²) in [6.45, 7) is 0. The number of carbonyl (C=O) groups excluding carboxylic acids is 1. The molecule has 2 aromatic rings. The van der Waals surface area contributed by atoms with Gasteiger partial charge in [0.15, 0.2) is 23.2 Å². The van der Waals surface area contributed by atoms with Crippen LogP contribution in [0.4, 0.5) is 18.9 Å². The quantitative estimate of drug-likeness (QED) is 0.634. The van der Waals surface area contributed by atoms with Gasteiger partial charge in [0.05, 0.1) is 0 Å². The lowest BCUT2D eigenvalue weighted by Gasteiger charge is -2.12. The number of benzene rings is 2. The van der Waals surface area contributed by atoms with Crippen molar-refractivity contribution in [1.82, 2.24) is 0 Å². The third-order valence-corrected chi connectivity index (χ3v) is 2.89. The fourth-order valence-corrected chi connectivity index (χ4v) is 1.76. The van der Waals surface area contributed by atoms with Crippen molar-refractivity contribution in [3.05, 3.63) is 65.0 Å². The first-order valence-electron chi connectivity index (χ1n) is 5.87. The van der Waals surface area contributed by atoms with E-state index in [0.717, 1.165) is 5.69 Å². The fraction of sp³-hybridized carbons (Fsp3) is 0.133. The number of rotatable bonds is 3. The normalized spacial score (nSPS) is 10.4. The summed E-state index contributed by atoms with van der Waals surface area (Å²) in [5, 5.41) is 0. The van der Waals surface area contributed by atoms with Crippen LogP contribution in [-0.4, -0.2) is 19.9 Å². The van der Waals surface area contributed by atoms with Crippen molar-refractivity contribution in [2.24, 2.45) is 0 Å². The maximum atomic E-state index is 13.1. The van der Waals surface area contributed by atoms with Crippen molar-refractivity contribution >= 4 is 11.5 Å². The molecule has 0 aliphatic carbocycles. The Balaban J connectivity index is 2.36. The van der Waals surface area contributed by atoms with E-state index in [0.29, 0.717) is 12.1 Å². The average molecular weight is 279 g/mol. The molecule has 0 unspecified atom stereocenters. The van der Waals surface area contributed by atoms with Crippen molar-refractivity contribution in [1.29, 1.82) is 0 Å². The minimum atomic E-state index is -1.58. The largest absolute Gasteiger partial charge is 0.378 e. The Labute approximate surface area is 114 Å². The Kier molecular flexibility index (Phi) is 3.79. The van der Waals surface area contributed by atoms with Crippen LogP contribution < -0.4 is 4.90 Å². The lowest BCUT2D eigenvalue weighted by atomic mass is 10.0. The van der Waals surface area contributed by atoms with E-state index in [9.17, 15) is 18.0 Å². The number of anilines is 1. The maximum absolute atomic E-state index is 13.1. The van der Waals surface area contributed by atoms with Crippen molar-refractivity contribution < 1.29 is 18.0 Å². The number of carbonyl (C=O) groups is 1. The van der Waals surface area contributed by atoms with Gasteiger partial charge < -0.3 is 4.90 Å². The Hall–Kier alpha value is -2.30.